The van der Waals surface area contributed by atoms with Crippen LogP contribution in [0.3, 0.4) is 0 Å². The van der Waals surface area contributed by atoms with Crippen molar-refractivity contribution in [3.8, 4) is 0 Å². The van der Waals surface area contributed by atoms with Crippen molar-refractivity contribution in [2.45, 2.75) is 98.2 Å². The number of hydrogen-bond donors (Lipinski definition) is 2. The van der Waals surface area contributed by atoms with Gasteiger partial charge in [-0.3, -0.25) is 0 Å². The third-order valence-electron chi connectivity index (χ3n) is 10.0. The molecule has 0 aromatic carbocycles. The minimum Gasteiger partial charge on any atom is -0.393 e. The van der Waals surface area contributed by atoms with Gasteiger partial charge in [0.25, 0.3) is 0 Å². The van der Waals surface area contributed by atoms with E-state index in [1.54, 1.807) is 5.57 Å². The van der Waals surface area contributed by atoms with Gasteiger partial charge in [0.1, 0.15) is 0 Å². The fourth-order valence-electron chi connectivity index (χ4n) is 7.63. The summed E-state index contributed by atoms with van der Waals surface area (Å²) in [4.78, 5) is 0. The molecule has 0 saturated heterocycles. The lowest BCUT2D eigenvalue weighted by Gasteiger charge is -2.55. The Labute approximate surface area is 184 Å². The van der Waals surface area contributed by atoms with Crippen LogP contribution >= 0.6 is 0 Å². The van der Waals surface area contributed by atoms with Gasteiger partial charge in [0.2, 0.25) is 0 Å². The topological polar surface area (TPSA) is 40.5 Å². The molecule has 4 rings (SSSR count). The molecule has 2 heteroatoms. The third-order valence-corrected chi connectivity index (χ3v) is 10.0. The van der Waals surface area contributed by atoms with Crippen LogP contribution in [0.25, 0.3) is 0 Å². The lowest BCUT2D eigenvalue weighted by atomic mass is 9.49. The second-order valence-electron chi connectivity index (χ2n) is 12.1. The van der Waals surface area contributed by atoms with Crippen molar-refractivity contribution < 1.29 is 10.2 Å². The molecular weight excluding hydrogens is 368 g/mol. The van der Waals surface area contributed by atoms with Crippen molar-refractivity contribution in [1.82, 2.24) is 0 Å². The summed E-state index contributed by atoms with van der Waals surface area (Å²) in [5.41, 5.74) is 2.80. The summed E-state index contributed by atoms with van der Waals surface area (Å²) in [7, 11) is 0. The molecule has 0 radical (unpaired) electrons. The van der Waals surface area contributed by atoms with E-state index in [4.69, 9.17) is 0 Å². The van der Waals surface area contributed by atoms with Crippen LogP contribution in [0, 0.1) is 40.4 Å². The van der Waals surface area contributed by atoms with E-state index < -0.39 is 5.60 Å². The highest BCUT2D eigenvalue weighted by atomic mass is 16.3. The highest BCUT2D eigenvalue weighted by molar-refractivity contribution is 5.39. The van der Waals surface area contributed by atoms with Gasteiger partial charge in [-0.2, -0.15) is 0 Å². The highest BCUT2D eigenvalue weighted by Gasteiger charge is 2.59. The maximum Gasteiger partial charge on any atom is 0.0833 e. The number of aliphatic hydroxyl groups excluding tert-OH is 1. The van der Waals surface area contributed by atoms with Crippen molar-refractivity contribution >= 4 is 0 Å². The highest BCUT2D eigenvalue weighted by Crippen LogP contribution is 2.66. The number of allylic oxidation sites excluding steroid dienone is 4. The van der Waals surface area contributed by atoms with Crippen molar-refractivity contribution in [1.29, 1.82) is 0 Å². The quantitative estimate of drug-likeness (QED) is 0.521. The average Bonchev–Trinajstić information content (AvgIpc) is 3.04. The van der Waals surface area contributed by atoms with Crippen LogP contribution in [0.15, 0.2) is 35.5 Å². The van der Waals surface area contributed by atoms with Crippen molar-refractivity contribution in [3.63, 3.8) is 0 Å². The van der Waals surface area contributed by atoms with E-state index in [1.807, 2.05) is 0 Å². The van der Waals surface area contributed by atoms with Crippen LogP contribution in [0.2, 0.25) is 0 Å². The zero-order valence-corrected chi connectivity index (χ0v) is 20.1. The Hall–Kier alpha value is -0.860. The van der Waals surface area contributed by atoms with Crippen molar-refractivity contribution in [2.24, 2.45) is 40.4 Å². The molecule has 0 bridgehead atoms. The Kier molecular flexibility index (Phi) is 5.68. The molecule has 0 heterocycles. The van der Waals surface area contributed by atoms with Crippen molar-refractivity contribution in [3.05, 3.63) is 35.5 Å². The largest absolute Gasteiger partial charge is 0.393 e. The fraction of sp³-hybridized carbons (Fsp3) is 0.786. The summed E-state index contributed by atoms with van der Waals surface area (Å²) in [6.07, 6.45) is 16.7. The van der Waals surface area contributed by atoms with E-state index in [9.17, 15) is 10.2 Å². The van der Waals surface area contributed by atoms with Gasteiger partial charge in [-0.1, -0.05) is 70.1 Å². The Morgan fingerprint density at radius 1 is 1.03 bits per heavy atom. The summed E-state index contributed by atoms with van der Waals surface area (Å²) in [6.45, 7) is 13.7. The number of fused-ring (bicyclic) bond motifs is 5. The zero-order valence-electron chi connectivity index (χ0n) is 20.1. The molecule has 0 aromatic rings. The summed E-state index contributed by atoms with van der Waals surface area (Å²) >= 11 is 0. The van der Waals surface area contributed by atoms with E-state index in [-0.39, 0.29) is 16.9 Å². The summed E-state index contributed by atoms with van der Waals surface area (Å²) in [6, 6.07) is 0. The van der Waals surface area contributed by atoms with Gasteiger partial charge in [0.05, 0.1) is 11.7 Å². The maximum absolute atomic E-state index is 11.6. The Bertz CT molecular complexity index is 757. The van der Waals surface area contributed by atoms with Gasteiger partial charge in [0, 0.05) is 0 Å². The third kappa shape index (κ3) is 3.47. The van der Waals surface area contributed by atoms with Crippen molar-refractivity contribution in [2.75, 3.05) is 0 Å². The standard InChI is InChI=1S/C28H44O2/c1-18(2)19(3)11-16-28(6,30)25-10-9-23-22-8-7-20-17-21(29)12-14-26(20,4)24(22)13-15-27(23,25)5/h7-8,11,16,18-19,21,23-25,29-30H,9-10,12-15,17H2,1-6H3/t19-,21-,23-,24-,25-,26-,27-,28-/m0/s1. The molecule has 0 unspecified atom stereocenters. The van der Waals surface area contributed by atoms with Gasteiger partial charge >= 0.3 is 0 Å². The molecule has 4 aliphatic rings. The average molecular weight is 413 g/mol. The Morgan fingerprint density at radius 3 is 2.47 bits per heavy atom. The molecule has 0 spiro atoms. The van der Waals surface area contributed by atoms with Crippen LogP contribution in [0.5, 0.6) is 0 Å². The van der Waals surface area contributed by atoms with Crippen LogP contribution in [0.1, 0.15) is 86.5 Å². The van der Waals surface area contributed by atoms with Crippen LogP contribution in [0.4, 0.5) is 0 Å². The van der Waals surface area contributed by atoms with E-state index in [0.29, 0.717) is 29.6 Å². The first kappa shape index (κ1) is 22.3. The summed E-state index contributed by atoms with van der Waals surface area (Å²) in [5.74, 6) is 2.62. The normalized spacial score (nSPS) is 44.0. The van der Waals surface area contributed by atoms with E-state index in [1.165, 1.54) is 24.8 Å². The first-order chi connectivity index (χ1) is 14.0. The fourth-order valence-corrected chi connectivity index (χ4v) is 7.63. The lowest BCUT2D eigenvalue weighted by Crippen LogP contribution is -2.49. The first-order valence-electron chi connectivity index (χ1n) is 12.5. The molecule has 2 nitrogen and oxygen atoms in total. The molecule has 30 heavy (non-hydrogen) atoms. The Balaban J connectivity index is 1.61. The second-order valence-corrected chi connectivity index (χ2v) is 12.1. The number of rotatable bonds is 4. The monoisotopic (exact) mass is 412 g/mol. The van der Waals surface area contributed by atoms with E-state index in [0.717, 1.165) is 25.7 Å². The zero-order chi connectivity index (χ0) is 21.9. The van der Waals surface area contributed by atoms with Crippen LogP contribution in [-0.4, -0.2) is 21.9 Å². The Morgan fingerprint density at radius 2 is 1.77 bits per heavy atom. The predicted octanol–water partition coefficient (Wildman–Crippen LogP) is 6.45. The maximum atomic E-state index is 11.6. The SMILES string of the molecule is CC(C)[C@@H](C)C=C[C@](C)(O)[C@H]1CC[C@H]2C3=CC=C4C[C@@H](O)CC[C@]4(C)[C@H]3CC[C@@]21C. The molecule has 4 aliphatic carbocycles. The molecule has 8 atom stereocenters. The molecule has 0 amide bonds. The van der Waals surface area contributed by atoms with Crippen LogP contribution in [-0.2, 0) is 0 Å². The predicted molar refractivity (Wildman–Crippen MR) is 125 cm³/mol. The minimum atomic E-state index is -0.742. The molecule has 3 fully saturated rings. The van der Waals surface area contributed by atoms with Gasteiger partial charge < -0.3 is 10.2 Å². The molecule has 0 aliphatic heterocycles. The minimum absolute atomic E-state index is 0.154. The van der Waals surface area contributed by atoms with Gasteiger partial charge in [0.15, 0.2) is 0 Å². The number of hydrogen-bond acceptors (Lipinski definition) is 2. The molecular formula is C28H44O2. The van der Waals surface area contributed by atoms with Crippen LogP contribution < -0.4 is 0 Å². The van der Waals surface area contributed by atoms with Gasteiger partial charge in [-0.15, -0.1) is 0 Å². The second kappa shape index (κ2) is 7.62. The molecule has 168 valence electrons. The lowest BCUT2D eigenvalue weighted by molar-refractivity contribution is -0.0363. The number of aliphatic hydroxyl groups is 2. The van der Waals surface area contributed by atoms with E-state index >= 15 is 0 Å². The van der Waals surface area contributed by atoms with Gasteiger partial charge in [-0.25, -0.2) is 0 Å². The van der Waals surface area contributed by atoms with E-state index in [2.05, 4.69) is 65.8 Å². The van der Waals surface area contributed by atoms with Gasteiger partial charge in [-0.05, 0) is 92.3 Å². The summed E-state index contributed by atoms with van der Waals surface area (Å²) < 4.78 is 0. The molecule has 3 saturated carbocycles. The molecule has 2 N–H and O–H groups in total. The first-order valence-corrected chi connectivity index (χ1v) is 12.5. The summed E-state index contributed by atoms with van der Waals surface area (Å²) in [5, 5.41) is 21.8. The molecule has 0 aromatic heterocycles. The smallest absolute Gasteiger partial charge is 0.0833 e.